The molecule has 1 saturated heterocycles. The highest BCUT2D eigenvalue weighted by Gasteiger charge is 2.33. The fraction of sp³-hybridized carbons (Fsp3) is 0.409. The molecule has 33 heavy (non-hydrogen) atoms. The molecule has 3 rings (SSSR count). The van der Waals surface area contributed by atoms with Crippen LogP contribution >= 0.6 is 0 Å². The van der Waals surface area contributed by atoms with E-state index in [9.17, 15) is 36.6 Å². The fourth-order valence-electron chi connectivity index (χ4n) is 3.79. The minimum absolute atomic E-state index is 0.0912. The van der Waals surface area contributed by atoms with E-state index in [1.54, 1.807) is 0 Å². The van der Waals surface area contributed by atoms with Gasteiger partial charge in [-0.25, -0.2) is 13.2 Å². The molecular formula is C22H25F3N2O5S. The first kappa shape index (κ1) is 24.8. The van der Waals surface area contributed by atoms with Crippen LogP contribution in [0.15, 0.2) is 41.3 Å². The number of sulfonamides is 1. The van der Waals surface area contributed by atoms with Gasteiger partial charge in [-0.05, 0) is 63.4 Å². The lowest BCUT2D eigenvalue weighted by Crippen LogP contribution is -2.31. The Hall–Kier alpha value is -2.79. The quantitative estimate of drug-likeness (QED) is 0.558. The van der Waals surface area contributed by atoms with Crippen molar-refractivity contribution in [1.29, 1.82) is 0 Å². The maximum absolute atomic E-state index is 13.4. The topological polar surface area (TPSA) is 107 Å². The minimum Gasteiger partial charge on any atom is -0.478 e. The molecule has 1 fully saturated rings. The number of aromatic carboxylic acids is 1. The number of nitrogens with zero attached hydrogens (tertiary/aromatic N) is 1. The number of carboxylic acids is 1. The maximum atomic E-state index is 13.4. The van der Waals surface area contributed by atoms with E-state index in [0.29, 0.717) is 18.8 Å². The van der Waals surface area contributed by atoms with Crippen molar-refractivity contribution in [2.75, 3.05) is 22.7 Å². The third-order valence-electron chi connectivity index (χ3n) is 5.44. The summed E-state index contributed by atoms with van der Waals surface area (Å²) >= 11 is 0. The summed E-state index contributed by atoms with van der Waals surface area (Å²) in [5, 5.41) is 19.7. The second-order valence-corrected chi connectivity index (χ2v) is 10.1. The Labute approximate surface area is 189 Å². The zero-order chi connectivity index (χ0) is 24.6. The smallest absolute Gasteiger partial charge is 0.416 e. The van der Waals surface area contributed by atoms with Crippen molar-refractivity contribution < 1.29 is 36.6 Å². The van der Waals surface area contributed by atoms with Crippen LogP contribution in [0.3, 0.4) is 0 Å². The molecular weight excluding hydrogens is 461 g/mol. The minimum atomic E-state index is -4.69. The summed E-state index contributed by atoms with van der Waals surface area (Å²) in [6.07, 6.45) is -2.09. The SMILES string of the molecule is CC(C)(O)c1ccc(C(=O)O)cc1S(=O)(=O)Nc1cc(C(F)(F)F)ccc1N1CCCCC1. The fourth-order valence-corrected chi connectivity index (χ4v) is 5.24. The number of carbonyl (C=O) groups is 1. The lowest BCUT2D eigenvalue weighted by Gasteiger charge is -2.31. The number of nitrogens with one attached hydrogen (secondary N) is 1. The van der Waals surface area contributed by atoms with E-state index in [1.165, 1.54) is 26.0 Å². The number of alkyl halides is 3. The number of hydrogen-bond acceptors (Lipinski definition) is 5. The van der Waals surface area contributed by atoms with Crippen LogP contribution in [0, 0.1) is 0 Å². The summed E-state index contributed by atoms with van der Waals surface area (Å²) in [4.78, 5) is 12.7. The van der Waals surface area contributed by atoms with Gasteiger partial charge < -0.3 is 15.1 Å². The van der Waals surface area contributed by atoms with E-state index in [2.05, 4.69) is 4.72 Å². The average Bonchev–Trinajstić information content (AvgIpc) is 2.72. The molecule has 0 radical (unpaired) electrons. The summed E-state index contributed by atoms with van der Waals surface area (Å²) in [6, 6.07) is 6.07. The first-order chi connectivity index (χ1) is 15.2. The predicted molar refractivity (Wildman–Crippen MR) is 117 cm³/mol. The Morgan fingerprint density at radius 3 is 2.21 bits per heavy atom. The number of anilines is 2. The highest BCUT2D eigenvalue weighted by atomic mass is 32.2. The molecule has 0 bridgehead atoms. The van der Waals surface area contributed by atoms with Gasteiger partial charge in [0.05, 0.1) is 33.0 Å². The van der Waals surface area contributed by atoms with Crippen molar-refractivity contribution in [3.8, 4) is 0 Å². The normalized spacial score (nSPS) is 15.4. The molecule has 11 heteroatoms. The van der Waals surface area contributed by atoms with Gasteiger partial charge in [-0.1, -0.05) is 6.07 Å². The van der Waals surface area contributed by atoms with Crippen molar-refractivity contribution in [3.63, 3.8) is 0 Å². The molecule has 2 aromatic rings. The Kier molecular flexibility index (Phi) is 6.67. The Morgan fingerprint density at radius 2 is 1.67 bits per heavy atom. The van der Waals surface area contributed by atoms with E-state index in [1.807, 2.05) is 4.90 Å². The van der Waals surface area contributed by atoms with Crippen LogP contribution in [0.25, 0.3) is 0 Å². The van der Waals surface area contributed by atoms with E-state index in [-0.39, 0.29) is 16.8 Å². The molecule has 180 valence electrons. The molecule has 0 unspecified atom stereocenters. The number of aliphatic hydroxyl groups is 1. The van der Waals surface area contributed by atoms with E-state index < -0.39 is 38.2 Å². The van der Waals surface area contributed by atoms with Gasteiger partial charge in [0.25, 0.3) is 10.0 Å². The van der Waals surface area contributed by atoms with Gasteiger partial charge in [0.2, 0.25) is 0 Å². The molecule has 0 amide bonds. The van der Waals surface area contributed by atoms with E-state index in [0.717, 1.165) is 43.5 Å². The van der Waals surface area contributed by atoms with Gasteiger partial charge in [-0.15, -0.1) is 0 Å². The molecule has 0 aromatic heterocycles. The molecule has 3 N–H and O–H groups in total. The van der Waals surface area contributed by atoms with Gasteiger partial charge in [-0.3, -0.25) is 4.72 Å². The molecule has 7 nitrogen and oxygen atoms in total. The standard InChI is InChI=1S/C22H25F3N2O5S/c1-21(2,30)16-8-6-14(20(28)29)12-19(16)33(31,32)26-17-13-15(22(23,24)25)7-9-18(17)27-10-4-3-5-11-27/h6-9,12-13,26,30H,3-5,10-11H2,1-2H3,(H,28,29). The lowest BCUT2D eigenvalue weighted by atomic mass is 9.97. The summed E-state index contributed by atoms with van der Waals surface area (Å²) in [6.45, 7) is 3.77. The highest BCUT2D eigenvalue weighted by Crippen LogP contribution is 2.38. The van der Waals surface area contributed by atoms with Crippen LogP contribution in [0.2, 0.25) is 0 Å². The Bertz CT molecular complexity index is 1150. The Morgan fingerprint density at radius 1 is 1.03 bits per heavy atom. The molecule has 1 heterocycles. The third kappa shape index (κ3) is 5.59. The molecule has 1 aliphatic heterocycles. The third-order valence-corrected chi connectivity index (χ3v) is 6.85. The van der Waals surface area contributed by atoms with E-state index >= 15 is 0 Å². The number of benzene rings is 2. The van der Waals surface area contributed by atoms with Gasteiger partial charge >= 0.3 is 12.1 Å². The number of rotatable bonds is 6. The van der Waals surface area contributed by atoms with Crippen LogP contribution in [0.4, 0.5) is 24.5 Å². The molecule has 0 spiro atoms. The Balaban J connectivity index is 2.15. The molecule has 2 aromatic carbocycles. The molecule has 0 atom stereocenters. The monoisotopic (exact) mass is 486 g/mol. The summed E-state index contributed by atoms with van der Waals surface area (Å²) < 4.78 is 69.0. The highest BCUT2D eigenvalue weighted by molar-refractivity contribution is 7.92. The van der Waals surface area contributed by atoms with Crippen molar-refractivity contribution in [1.82, 2.24) is 0 Å². The number of piperidine rings is 1. The average molecular weight is 487 g/mol. The van der Waals surface area contributed by atoms with Gasteiger partial charge in [0.15, 0.2) is 0 Å². The molecule has 0 saturated carbocycles. The van der Waals surface area contributed by atoms with Crippen molar-refractivity contribution >= 4 is 27.4 Å². The zero-order valence-corrected chi connectivity index (χ0v) is 18.9. The lowest BCUT2D eigenvalue weighted by molar-refractivity contribution is -0.137. The number of carboxylic acid groups (broad SMARTS) is 1. The molecule has 1 aliphatic rings. The van der Waals surface area contributed by atoms with Gasteiger partial charge in [-0.2, -0.15) is 13.2 Å². The van der Waals surface area contributed by atoms with Crippen LogP contribution in [0.1, 0.15) is 54.6 Å². The zero-order valence-electron chi connectivity index (χ0n) is 18.1. The first-order valence-corrected chi connectivity index (χ1v) is 11.8. The summed E-state index contributed by atoms with van der Waals surface area (Å²) in [5.41, 5.74) is -3.09. The van der Waals surface area contributed by atoms with Gasteiger partial charge in [0, 0.05) is 18.7 Å². The first-order valence-electron chi connectivity index (χ1n) is 10.3. The predicted octanol–water partition coefficient (Wildman–Crippen LogP) is 4.42. The largest absolute Gasteiger partial charge is 0.478 e. The maximum Gasteiger partial charge on any atom is 0.416 e. The van der Waals surface area contributed by atoms with Crippen LogP contribution in [0.5, 0.6) is 0 Å². The van der Waals surface area contributed by atoms with Crippen LogP contribution in [-0.4, -0.2) is 37.7 Å². The van der Waals surface area contributed by atoms with Crippen LogP contribution < -0.4 is 9.62 Å². The second-order valence-electron chi connectivity index (χ2n) is 8.46. The van der Waals surface area contributed by atoms with Crippen LogP contribution in [-0.2, 0) is 21.8 Å². The number of halogens is 3. The van der Waals surface area contributed by atoms with Crippen molar-refractivity contribution in [2.45, 2.75) is 49.8 Å². The van der Waals surface area contributed by atoms with Crippen molar-refractivity contribution in [2.24, 2.45) is 0 Å². The number of hydrogen-bond donors (Lipinski definition) is 3. The van der Waals surface area contributed by atoms with E-state index in [4.69, 9.17) is 0 Å². The van der Waals surface area contributed by atoms with Gasteiger partial charge in [0.1, 0.15) is 0 Å². The molecule has 0 aliphatic carbocycles. The second kappa shape index (κ2) is 8.86. The van der Waals surface area contributed by atoms with Crippen molar-refractivity contribution in [3.05, 3.63) is 53.1 Å². The summed E-state index contributed by atoms with van der Waals surface area (Å²) in [5.74, 6) is -1.39. The summed E-state index contributed by atoms with van der Waals surface area (Å²) in [7, 11) is -4.57.